The van der Waals surface area contributed by atoms with E-state index in [2.05, 4.69) is 10.3 Å². The summed E-state index contributed by atoms with van der Waals surface area (Å²) in [6.07, 6.45) is 2.97. The number of rotatable bonds is 4. The van der Waals surface area contributed by atoms with E-state index in [4.69, 9.17) is 4.74 Å². The Morgan fingerprint density at radius 3 is 2.52 bits per heavy atom. The molecule has 1 saturated heterocycles. The molecule has 1 aliphatic rings. The van der Waals surface area contributed by atoms with Crippen molar-refractivity contribution in [2.45, 2.75) is 13.5 Å². The van der Waals surface area contributed by atoms with Crippen molar-refractivity contribution >= 4 is 11.8 Å². The fraction of sp³-hybridized carbons (Fsp3) is 0.316. The van der Waals surface area contributed by atoms with Crippen LogP contribution >= 0.6 is 0 Å². The Morgan fingerprint density at radius 1 is 1.12 bits per heavy atom. The first-order valence-corrected chi connectivity index (χ1v) is 8.29. The lowest BCUT2D eigenvalue weighted by atomic mass is 10.1. The number of aromatic nitrogens is 1. The van der Waals surface area contributed by atoms with E-state index in [9.17, 15) is 9.59 Å². The molecular formula is C19H21N3O3. The molecule has 130 valence electrons. The van der Waals surface area contributed by atoms with Crippen LogP contribution in [0.3, 0.4) is 0 Å². The summed E-state index contributed by atoms with van der Waals surface area (Å²) in [6, 6.07) is 9.56. The fourth-order valence-corrected chi connectivity index (χ4v) is 2.62. The number of carbonyl (C=O) groups excluding carboxylic acids is 2. The Labute approximate surface area is 146 Å². The lowest BCUT2D eigenvalue weighted by Crippen LogP contribution is -2.40. The lowest BCUT2D eigenvalue weighted by molar-refractivity contribution is 0.0302. The number of hydrogen-bond donors (Lipinski definition) is 1. The number of amides is 2. The van der Waals surface area contributed by atoms with E-state index in [1.54, 1.807) is 11.0 Å². The van der Waals surface area contributed by atoms with Crippen LogP contribution < -0.4 is 5.32 Å². The number of benzene rings is 1. The maximum atomic E-state index is 12.5. The molecule has 2 aromatic rings. The maximum absolute atomic E-state index is 12.5. The summed E-state index contributed by atoms with van der Waals surface area (Å²) in [5.41, 5.74) is 3.00. The first-order valence-electron chi connectivity index (χ1n) is 8.29. The topological polar surface area (TPSA) is 71.5 Å². The SMILES string of the molecule is Cc1ccc(CNC(=O)c2cncc(C(=O)N3CCOCC3)c2)cc1. The molecule has 1 fully saturated rings. The maximum Gasteiger partial charge on any atom is 0.255 e. The molecule has 1 aromatic heterocycles. The molecule has 25 heavy (non-hydrogen) atoms. The summed E-state index contributed by atoms with van der Waals surface area (Å²) in [4.78, 5) is 30.6. The number of hydrogen-bond acceptors (Lipinski definition) is 4. The highest BCUT2D eigenvalue weighted by atomic mass is 16.5. The summed E-state index contributed by atoms with van der Waals surface area (Å²) in [7, 11) is 0. The van der Waals surface area contributed by atoms with E-state index in [0.29, 0.717) is 44.0 Å². The summed E-state index contributed by atoms with van der Waals surface area (Å²) < 4.78 is 5.26. The van der Waals surface area contributed by atoms with E-state index >= 15 is 0 Å². The summed E-state index contributed by atoms with van der Waals surface area (Å²) >= 11 is 0. The Balaban J connectivity index is 1.64. The third kappa shape index (κ3) is 4.42. The van der Waals surface area contributed by atoms with Crippen LogP contribution in [0.15, 0.2) is 42.7 Å². The van der Waals surface area contributed by atoms with Crippen molar-refractivity contribution in [3.05, 3.63) is 65.0 Å². The normalized spacial score (nSPS) is 14.2. The van der Waals surface area contributed by atoms with Crippen LogP contribution in [-0.4, -0.2) is 48.0 Å². The lowest BCUT2D eigenvalue weighted by Gasteiger charge is -2.26. The monoisotopic (exact) mass is 339 g/mol. The minimum absolute atomic E-state index is 0.121. The van der Waals surface area contributed by atoms with Crippen molar-refractivity contribution in [2.75, 3.05) is 26.3 Å². The molecule has 0 atom stereocenters. The van der Waals surface area contributed by atoms with Crippen molar-refractivity contribution in [1.82, 2.24) is 15.2 Å². The van der Waals surface area contributed by atoms with E-state index < -0.39 is 0 Å². The Bertz CT molecular complexity index is 753. The highest BCUT2D eigenvalue weighted by Crippen LogP contribution is 2.09. The van der Waals surface area contributed by atoms with Crippen molar-refractivity contribution in [3.63, 3.8) is 0 Å². The second-order valence-corrected chi connectivity index (χ2v) is 6.04. The van der Waals surface area contributed by atoms with Crippen LogP contribution in [0.5, 0.6) is 0 Å². The molecule has 2 heterocycles. The Morgan fingerprint density at radius 2 is 1.80 bits per heavy atom. The van der Waals surface area contributed by atoms with Crippen LogP contribution in [0.2, 0.25) is 0 Å². The van der Waals surface area contributed by atoms with Gasteiger partial charge < -0.3 is 15.0 Å². The highest BCUT2D eigenvalue weighted by molar-refractivity contribution is 5.99. The molecule has 2 amide bonds. The molecule has 6 nitrogen and oxygen atoms in total. The van der Waals surface area contributed by atoms with Gasteiger partial charge in [-0.3, -0.25) is 14.6 Å². The number of aryl methyl sites for hydroxylation is 1. The van der Waals surface area contributed by atoms with Gasteiger partial charge in [-0.25, -0.2) is 0 Å². The number of ether oxygens (including phenoxy) is 1. The summed E-state index contributed by atoms with van der Waals surface area (Å²) in [5.74, 6) is -0.367. The zero-order chi connectivity index (χ0) is 17.6. The molecule has 0 aliphatic carbocycles. The van der Waals surface area contributed by atoms with Crippen molar-refractivity contribution < 1.29 is 14.3 Å². The molecule has 0 unspecified atom stereocenters. The fourth-order valence-electron chi connectivity index (χ4n) is 2.62. The molecule has 0 radical (unpaired) electrons. The van der Waals surface area contributed by atoms with Gasteiger partial charge in [0.15, 0.2) is 0 Å². The van der Waals surface area contributed by atoms with Gasteiger partial charge in [-0.1, -0.05) is 29.8 Å². The third-order valence-corrected chi connectivity index (χ3v) is 4.12. The van der Waals surface area contributed by atoms with Gasteiger partial charge in [0.05, 0.1) is 24.3 Å². The zero-order valence-corrected chi connectivity index (χ0v) is 14.2. The molecule has 0 spiro atoms. The number of nitrogens with one attached hydrogen (secondary N) is 1. The first kappa shape index (κ1) is 17.1. The number of carbonyl (C=O) groups is 2. The molecule has 0 saturated carbocycles. The van der Waals surface area contributed by atoms with E-state index in [-0.39, 0.29) is 11.8 Å². The molecule has 3 rings (SSSR count). The van der Waals surface area contributed by atoms with E-state index in [1.807, 2.05) is 31.2 Å². The number of pyridine rings is 1. The van der Waals surface area contributed by atoms with Gasteiger partial charge in [0.1, 0.15) is 0 Å². The molecule has 6 heteroatoms. The number of morpholine rings is 1. The van der Waals surface area contributed by atoms with Crippen molar-refractivity contribution in [1.29, 1.82) is 0 Å². The second kappa shape index (κ2) is 7.90. The van der Waals surface area contributed by atoms with Crippen LogP contribution in [0.1, 0.15) is 31.8 Å². The van der Waals surface area contributed by atoms with Gasteiger partial charge in [0, 0.05) is 32.0 Å². The molecule has 0 bridgehead atoms. The van der Waals surface area contributed by atoms with Crippen molar-refractivity contribution in [3.8, 4) is 0 Å². The Kier molecular flexibility index (Phi) is 5.40. The standard InChI is InChI=1S/C19H21N3O3/c1-14-2-4-15(5-3-14)11-21-18(23)16-10-17(13-20-12-16)19(24)22-6-8-25-9-7-22/h2-5,10,12-13H,6-9,11H2,1H3,(H,21,23). The quantitative estimate of drug-likeness (QED) is 0.922. The average Bonchev–Trinajstić information content (AvgIpc) is 2.67. The molecule has 1 aliphatic heterocycles. The predicted molar refractivity (Wildman–Crippen MR) is 93.3 cm³/mol. The number of nitrogens with zero attached hydrogens (tertiary/aromatic N) is 2. The van der Waals surface area contributed by atoms with Gasteiger partial charge in [-0.05, 0) is 18.6 Å². The van der Waals surface area contributed by atoms with Crippen molar-refractivity contribution in [2.24, 2.45) is 0 Å². The van der Waals surface area contributed by atoms with Gasteiger partial charge >= 0.3 is 0 Å². The zero-order valence-electron chi connectivity index (χ0n) is 14.2. The minimum Gasteiger partial charge on any atom is -0.378 e. The van der Waals surface area contributed by atoms with E-state index in [0.717, 1.165) is 5.56 Å². The predicted octanol–water partition coefficient (Wildman–Crippen LogP) is 1.79. The first-order chi connectivity index (χ1) is 12.1. The largest absolute Gasteiger partial charge is 0.378 e. The van der Waals surface area contributed by atoms with Crippen LogP contribution in [-0.2, 0) is 11.3 Å². The van der Waals surface area contributed by atoms with Gasteiger partial charge in [0.2, 0.25) is 0 Å². The summed E-state index contributed by atoms with van der Waals surface area (Å²) in [5, 5.41) is 2.86. The molecule has 1 N–H and O–H groups in total. The average molecular weight is 339 g/mol. The van der Waals surface area contributed by atoms with Crippen LogP contribution in [0, 0.1) is 6.92 Å². The third-order valence-electron chi connectivity index (χ3n) is 4.12. The van der Waals surface area contributed by atoms with Gasteiger partial charge in [-0.15, -0.1) is 0 Å². The highest BCUT2D eigenvalue weighted by Gasteiger charge is 2.19. The Hall–Kier alpha value is -2.73. The second-order valence-electron chi connectivity index (χ2n) is 6.04. The summed E-state index contributed by atoms with van der Waals surface area (Å²) in [6.45, 7) is 4.64. The molecule has 1 aromatic carbocycles. The van der Waals surface area contributed by atoms with E-state index in [1.165, 1.54) is 18.0 Å². The van der Waals surface area contributed by atoms with Crippen LogP contribution in [0.25, 0.3) is 0 Å². The van der Waals surface area contributed by atoms with Gasteiger partial charge in [-0.2, -0.15) is 0 Å². The smallest absolute Gasteiger partial charge is 0.255 e. The minimum atomic E-state index is -0.246. The van der Waals surface area contributed by atoms with Gasteiger partial charge in [0.25, 0.3) is 11.8 Å². The van der Waals surface area contributed by atoms with Crippen LogP contribution in [0.4, 0.5) is 0 Å². The molecular weight excluding hydrogens is 318 g/mol.